The van der Waals surface area contributed by atoms with Gasteiger partial charge in [-0.2, -0.15) is 18.3 Å². The van der Waals surface area contributed by atoms with E-state index in [0.29, 0.717) is 29.5 Å². The Morgan fingerprint density at radius 1 is 1.24 bits per heavy atom. The Labute approximate surface area is 241 Å². The number of alkyl halides is 3. The number of nitrogens with zero attached hydrogens (tertiary/aromatic N) is 4. The van der Waals surface area contributed by atoms with Crippen LogP contribution >= 0.6 is 0 Å². The second-order valence-corrected chi connectivity index (χ2v) is 13.9. The average molecular weight is 614 g/mol. The van der Waals surface area contributed by atoms with Crippen LogP contribution < -0.4 is 21.1 Å². The lowest BCUT2D eigenvalue weighted by Gasteiger charge is -2.36. The highest BCUT2D eigenvalue weighted by atomic mass is 32.2. The van der Waals surface area contributed by atoms with Crippen molar-refractivity contribution in [3.63, 3.8) is 0 Å². The van der Waals surface area contributed by atoms with Crippen molar-refractivity contribution in [2.75, 3.05) is 25.5 Å². The molecule has 1 fully saturated rings. The quantitative estimate of drug-likeness (QED) is 0.423. The molecule has 15 heteroatoms. The Morgan fingerprint density at radius 3 is 2.52 bits per heavy atom. The molecule has 10 nitrogen and oxygen atoms in total. The third kappa shape index (κ3) is 5.37. The zero-order chi connectivity index (χ0) is 30.8. The average Bonchev–Trinajstić information content (AvgIpc) is 3.45. The van der Waals surface area contributed by atoms with Crippen LogP contribution in [0.2, 0.25) is 0 Å². The van der Waals surface area contributed by atoms with Gasteiger partial charge in [0.2, 0.25) is 20.7 Å². The second kappa shape index (κ2) is 10.5. The number of benzene rings is 1. The number of aliphatic imine (C=N–C) groups is 1. The number of anilines is 1. The summed E-state index contributed by atoms with van der Waals surface area (Å²) in [6, 6.07) is 1.18. The highest BCUT2D eigenvalue weighted by molar-refractivity contribution is 7.92. The van der Waals surface area contributed by atoms with E-state index in [0.717, 1.165) is 25.9 Å². The predicted molar refractivity (Wildman–Crippen MR) is 149 cm³/mol. The molecule has 1 aromatic heterocycles. The van der Waals surface area contributed by atoms with Gasteiger partial charge in [-0.1, -0.05) is 0 Å². The number of aromatic nitrogens is 2. The summed E-state index contributed by atoms with van der Waals surface area (Å²) in [6.07, 6.45) is -1.45. The van der Waals surface area contributed by atoms with E-state index in [2.05, 4.69) is 25.6 Å². The van der Waals surface area contributed by atoms with E-state index in [9.17, 15) is 21.6 Å². The summed E-state index contributed by atoms with van der Waals surface area (Å²) in [5.41, 5.74) is 6.42. The summed E-state index contributed by atoms with van der Waals surface area (Å²) in [4.78, 5) is 6.18. The minimum absolute atomic E-state index is 0.0321. The van der Waals surface area contributed by atoms with Crippen LogP contribution in [-0.2, 0) is 29.1 Å². The highest BCUT2D eigenvalue weighted by Crippen LogP contribution is 2.46. The van der Waals surface area contributed by atoms with Crippen LogP contribution in [0.25, 0.3) is 0 Å². The Bertz CT molecular complexity index is 1560. The zero-order valence-corrected chi connectivity index (χ0v) is 24.8. The van der Waals surface area contributed by atoms with Crippen molar-refractivity contribution < 1.29 is 30.7 Å². The lowest BCUT2D eigenvalue weighted by atomic mass is 9.83. The number of likely N-dealkylation sites (tertiary alicyclic amines) is 1. The van der Waals surface area contributed by atoms with E-state index >= 15 is 4.39 Å². The molecule has 2 unspecified atom stereocenters. The SMILES string of the molecule is CC1Cc2c(c(C3(N)N=CC(C(F)(F)F)=C(Nc4cn(C)nc4S(=O)(=O)C(C)C)N3)cc(F)c2C2CCN(C)CC2)O1. The van der Waals surface area contributed by atoms with Gasteiger partial charge in [-0.3, -0.25) is 10.4 Å². The van der Waals surface area contributed by atoms with Gasteiger partial charge in [0.1, 0.15) is 29.1 Å². The van der Waals surface area contributed by atoms with Crippen molar-refractivity contribution in [3.05, 3.63) is 46.2 Å². The fraction of sp³-hybridized carbons (Fsp3) is 0.556. The molecule has 230 valence electrons. The summed E-state index contributed by atoms with van der Waals surface area (Å²) in [7, 11) is -0.515. The number of nitrogens with one attached hydrogen (secondary N) is 2. The molecule has 42 heavy (non-hydrogen) atoms. The first-order chi connectivity index (χ1) is 19.5. The first kappa shape index (κ1) is 30.3. The van der Waals surface area contributed by atoms with Crippen molar-refractivity contribution in [1.82, 2.24) is 20.0 Å². The number of allylic oxidation sites excluding steroid dienone is 1. The minimum atomic E-state index is -4.89. The van der Waals surface area contributed by atoms with Crippen LogP contribution in [0, 0.1) is 5.82 Å². The molecule has 0 aliphatic carbocycles. The van der Waals surface area contributed by atoms with Gasteiger partial charge in [-0.15, -0.1) is 0 Å². The topological polar surface area (TPSA) is 127 Å². The number of hydrogen-bond acceptors (Lipinski definition) is 9. The molecule has 0 radical (unpaired) electrons. The van der Waals surface area contributed by atoms with Gasteiger partial charge in [0, 0.05) is 31.4 Å². The summed E-state index contributed by atoms with van der Waals surface area (Å²) in [6.45, 7) is 6.33. The summed E-state index contributed by atoms with van der Waals surface area (Å²) >= 11 is 0. The molecule has 3 aliphatic rings. The van der Waals surface area contributed by atoms with Crippen LogP contribution in [0.3, 0.4) is 0 Å². The fourth-order valence-electron chi connectivity index (χ4n) is 5.68. The molecule has 3 aliphatic heterocycles. The summed E-state index contributed by atoms with van der Waals surface area (Å²) in [5.74, 6) is -2.99. The van der Waals surface area contributed by atoms with Crippen molar-refractivity contribution in [2.24, 2.45) is 17.8 Å². The Hall–Kier alpha value is -3.17. The van der Waals surface area contributed by atoms with Gasteiger partial charge >= 0.3 is 6.18 Å². The Morgan fingerprint density at radius 2 is 1.90 bits per heavy atom. The molecule has 4 heterocycles. The minimum Gasteiger partial charge on any atom is -0.490 e. The van der Waals surface area contributed by atoms with Gasteiger partial charge < -0.3 is 20.3 Å². The molecule has 0 amide bonds. The maximum absolute atomic E-state index is 15.9. The number of piperidine rings is 1. The third-order valence-corrected chi connectivity index (χ3v) is 10.0. The number of ether oxygens (including phenoxy) is 1. The number of sulfone groups is 1. The second-order valence-electron chi connectivity index (χ2n) is 11.5. The number of hydrogen-bond donors (Lipinski definition) is 3. The molecule has 2 aromatic rings. The third-order valence-electron chi connectivity index (χ3n) is 7.95. The number of halogens is 4. The standard InChI is InChI=1S/C27H35F4N7O3S/c1-14(2)42(39,40)25-21(13-38(5)36-25)34-24-19(26(29,30)31)12-33-27(32,35-24)18-11-20(28)22(16-6-8-37(4)9-7-16)17-10-15(3)41-23(17)18/h11-16,34-35H,6-10,32H2,1-5H3. The highest BCUT2D eigenvalue weighted by Gasteiger charge is 2.45. The van der Waals surface area contributed by atoms with Crippen LogP contribution in [0.15, 0.2) is 33.7 Å². The van der Waals surface area contributed by atoms with Gasteiger partial charge in [0.25, 0.3) is 0 Å². The van der Waals surface area contributed by atoms with Crippen LogP contribution in [0.4, 0.5) is 23.2 Å². The molecular weight excluding hydrogens is 578 g/mol. The van der Waals surface area contributed by atoms with Gasteiger partial charge in [-0.05, 0) is 71.3 Å². The monoisotopic (exact) mass is 613 g/mol. The van der Waals surface area contributed by atoms with Crippen molar-refractivity contribution >= 4 is 21.7 Å². The van der Waals surface area contributed by atoms with Crippen LogP contribution in [0.1, 0.15) is 56.2 Å². The smallest absolute Gasteiger partial charge is 0.421 e. The number of fused-ring (bicyclic) bond motifs is 1. The van der Waals surface area contributed by atoms with E-state index in [1.54, 1.807) is 0 Å². The number of rotatable bonds is 6. The lowest BCUT2D eigenvalue weighted by Crippen LogP contribution is -2.53. The van der Waals surface area contributed by atoms with Crippen LogP contribution in [-0.4, -0.2) is 67.0 Å². The van der Waals surface area contributed by atoms with E-state index < -0.39 is 49.3 Å². The number of aryl methyl sites for hydroxylation is 1. The lowest BCUT2D eigenvalue weighted by molar-refractivity contribution is -0.0871. The van der Waals surface area contributed by atoms with E-state index in [1.807, 2.05) is 14.0 Å². The van der Waals surface area contributed by atoms with Crippen molar-refractivity contribution in [3.8, 4) is 5.75 Å². The van der Waals surface area contributed by atoms with E-state index in [4.69, 9.17) is 10.5 Å². The first-order valence-corrected chi connectivity index (χ1v) is 15.2. The van der Waals surface area contributed by atoms with Crippen molar-refractivity contribution in [1.29, 1.82) is 0 Å². The van der Waals surface area contributed by atoms with E-state index in [1.165, 1.54) is 37.8 Å². The van der Waals surface area contributed by atoms with Gasteiger partial charge in [0.05, 0.1) is 16.5 Å². The van der Waals surface area contributed by atoms with Gasteiger partial charge in [0.15, 0.2) is 0 Å². The zero-order valence-electron chi connectivity index (χ0n) is 24.0. The molecular formula is C27H35F4N7O3S. The van der Waals surface area contributed by atoms with Crippen molar-refractivity contribution in [2.45, 2.75) is 74.3 Å². The maximum Gasteiger partial charge on any atom is 0.421 e. The summed E-state index contributed by atoms with van der Waals surface area (Å²) in [5, 5.41) is 7.80. The molecule has 1 aromatic carbocycles. The first-order valence-electron chi connectivity index (χ1n) is 13.7. The maximum atomic E-state index is 15.9. The van der Waals surface area contributed by atoms with E-state index in [-0.39, 0.29) is 23.3 Å². The van der Waals surface area contributed by atoms with Crippen LogP contribution in [0.5, 0.6) is 5.75 Å². The molecule has 1 saturated heterocycles. The molecule has 0 bridgehead atoms. The number of nitrogens with two attached hydrogens (primary N) is 1. The van der Waals surface area contributed by atoms with Gasteiger partial charge in [-0.25, -0.2) is 17.8 Å². The predicted octanol–water partition coefficient (Wildman–Crippen LogP) is 3.50. The molecule has 5 rings (SSSR count). The summed E-state index contributed by atoms with van der Waals surface area (Å²) < 4.78 is 91.5. The Balaban J connectivity index is 1.58. The normalized spacial score (nSPS) is 23.7. The molecule has 2 atom stereocenters. The largest absolute Gasteiger partial charge is 0.490 e. The Kier molecular flexibility index (Phi) is 7.59. The fourth-order valence-corrected chi connectivity index (χ4v) is 6.78. The molecule has 0 saturated carbocycles. The molecule has 0 spiro atoms. The molecule has 4 N–H and O–H groups in total.